The molecule has 0 saturated carbocycles. The zero-order chi connectivity index (χ0) is 18.1. The van der Waals surface area contributed by atoms with Crippen LogP contribution in [0.1, 0.15) is 16.1 Å². The summed E-state index contributed by atoms with van der Waals surface area (Å²) < 4.78 is 16.1. The summed E-state index contributed by atoms with van der Waals surface area (Å²) >= 11 is 7.48. The fourth-order valence-corrected chi connectivity index (χ4v) is 4.36. The van der Waals surface area contributed by atoms with Crippen LogP contribution in [-0.4, -0.2) is 22.0 Å². The highest BCUT2D eigenvalue weighted by molar-refractivity contribution is 7.21. The summed E-state index contributed by atoms with van der Waals surface area (Å²) in [5.41, 5.74) is 2.04. The average Bonchev–Trinajstić information content (AvgIpc) is 3.20. The van der Waals surface area contributed by atoms with Gasteiger partial charge >= 0.3 is 0 Å². The van der Waals surface area contributed by atoms with E-state index in [1.807, 2.05) is 30.6 Å². The van der Waals surface area contributed by atoms with Gasteiger partial charge in [0.05, 0.1) is 22.4 Å². The van der Waals surface area contributed by atoms with E-state index in [1.165, 1.54) is 23.5 Å². The van der Waals surface area contributed by atoms with Crippen molar-refractivity contribution in [3.8, 4) is 0 Å². The lowest BCUT2D eigenvalue weighted by molar-refractivity contribution is 0.0957. The maximum Gasteiger partial charge on any atom is 0.262 e. The van der Waals surface area contributed by atoms with E-state index >= 15 is 0 Å². The third kappa shape index (κ3) is 3.18. The molecule has 4 aromatic rings. The molecule has 0 spiro atoms. The van der Waals surface area contributed by atoms with Crippen LogP contribution in [-0.2, 0) is 6.54 Å². The summed E-state index contributed by atoms with van der Waals surface area (Å²) in [6.45, 7) is 1.27. The first kappa shape index (κ1) is 17.0. The SMILES string of the molecule is O=C(NCCCn1cnc2ccccc21)c1sc2cc(F)ccc2c1Cl. The van der Waals surface area contributed by atoms with Gasteiger partial charge in [0.2, 0.25) is 0 Å². The van der Waals surface area contributed by atoms with E-state index in [-0.39, 0.29) is 11.7 Å². The third-order valence-corrected chi connectivity index (χ3v) is 5.84. The Balaban J connectivity index is 1.39. The molecule has 0 aliphatic heterocycles. The monoisotopic (exact) mass is 387 g/mol. The van der Waals surface area contributed by atoms with Gasteiger partial charge in [-0.1, -0.05) is 23.7 Å². The molecule has 0 aliphatic carbocycles. The molecule has 26 heavy (non-hydrogen) atoms. The van der Waals surface area contributed by atoms with Crippen molar-refractivity contribution in [1.29, 1.82) is 0 Å². The number of nitrogens with one attached hydrogen (secondary N) is 1. The highest BCUT2D eigenvalue weighted by Crippen LogP contribution is 2.35. The molecule has 4 rings (SSSR count). The number of rotatable bonds is 5. The zero-order valence-electron chi connectivity index (χ0n) is 13.7. The van der Waals surface area contributed by atoms with Crippen LogP contribution in [0, 0.1) is 5.82 Å². The van der Waals surface area contributed by atoms with Gasteiger partial charge in [0.15, 0.2) is 0 Å². The number of carbonyl (C=O) groups is 1. The molecule has 7 heteroatoms. The Kier molecular flexibility index (Phi) is 4.61. The number of aryl methyl sites for hydroxylation is 1. The minimum atomic E-state index is -0.338. The van der Waals surface area contributed by atoms with Crippen molar-refractivity contribution in [2.45, 2.75) is 13.0 Å². The highest BCUT2D eigenvalue weighted by Gasteiger charge is 2.17. The van der Waals surface area contributed by atoms with Crippen LogP contribution in [0.5, 0.6) is 0 Å². The summed E-state index contributed by atoms with van der Waals surface area (Å²) in [6.07, 6.45) is 2.58. The van der Waals surface area contributed by atoms with Crippen molar-refractivity contribution in [2.75, 3.05) is 6.54 Å². The number of thiophene rings is 1. The normalized spacial score (nSPS) is 11.3. The minimum absolute atomic E-state index is 0.230. The van der Waals surface area contributed by atoms with Gasteiger partial charge in [-0.3, -0.25) is 4.79 Å². The lowest BCUT2D eigenvalue weighted by Gasteiger charge is -2.06. The van der Waals surface area contributed by atoms with Crippen molar-refractivity contribution in [2.24, 2.45) is 0 Å². The van der Waals surface area contributed by atoms with Gasteiger partial charge in [0.25, 0.3) is 5.91 Å². The lowest BCUT2D eigenvalue weighted by Crippen LogP contribution is -2.24. The van der Waals surface area contributed by atoms with Crippen LogP contribution < -0.4 is 5.32 Å². The number of para-hydroxylation sites is 2. The summed E-state index contributed by atoms with van der Waals surface area (Å²) in [5.74, 6) is -0.568. The second-order valence-corrected chi connectivity index (χ2v) is 7.35. The number of nitrogens with zero attached hydrogens (tertiary/aromatic N) is 2. The van der Waals surface area contributed by atoms with E-state index in [0.29, 0.717) is 26.5 Å². The Bertz CT molecular complexity index is 1100. The maximum absolute atomic E-state index is 13.3. The second-order valence-electron chi connectivity index (χ2n) is 5.92. The summed E-state index contributed by atoms with van der Waals surface area (Å²) in [5, 5.41) is 3.97. The van der Waals surface area contributed by atoms with E-state index in [1.54, 1.807) is 6.07 Å². The Morgan fingerprint density at radius 2 is 2.12 bits per heavy atom. The number of fused-ring (bicyclic) bond motifs is 2. The van der Waals surface area contributed by atoms with Crippen molar-refractivity contribution in [1.82, 2.24) is 14.9 Å². The molecule has 2 aromatic heterocycles. The van der Waals surface area contributed by atoms with Crippen LogP contribution in [0.4, 0.5) is 4.39 Å². The second kappa shape index (κ2) is 7.05. The van der Waals surface area contributed by atoms with Gasteiger partial charge in [0, 0.05) is 23.2 Å². The van der Waals surface area contributed by atoms with Gasteiger partial charge in [-0.05, 0) is 36.8 Å². The number of carbonyl (C=O) groups excluding carboxylic acids is 1. The highest BCUT2D eigenvalue weighted by atomic mass is 35.5. The molecular formula is C19H15ClFN3OS. The van der Waals surface area contributed by atoms with Crippen LogP contribution in [0.3, 0.4) is 0 Å². The van der Waals surface area contributed by atoms with Crippen LogP contribution in [0.25, 0.3) is 21.1 Å². The molecule has 1 amide bonds. The molecule has 4 nitrogen and oxygen atoms in total. The lowest BCUT2D eigenvalue weighted by atomic mass is 10.2. The van der Waals surface area contributed by atoms with Crippen molar-refractivity contribution < 1.29 is 9.18 Å². The van der Waals surface area contributed by atoms with Gasteiger partial charge in [-0.25, -0.2) is 9.37 Å². The molecule has 1 N–H and O–H groups in total. The fraction of sp³-hybridized carbons (Fsp3) is 0.158. The van der Waals surface area contributed by atoms with Gasteiger partial charge in [-0.2, -0.15) is 0 Å². The molecule has 0 fully saturated rings. The standard InChI is InChI=1S/C19H15ClFN3OS/c20-17-13-7-6-12(21)10-16(13)26-18(17)19(25)22-8-3-9-24-11-23-14-4-1-2-5-15(14)24/h1-2,4-7,10-11H,3,8-9H2,(H,22,25). The molecular weight excluding hydrogens is 373 g/mol. The molecule has 0 saturated heterocycles. The molecule has 0 radical (unpaired) electrons. The quantitative estimate of drug-likeness (QED) is 0.497. The van der Waals surface area contributed by atoms with Crippen LogP contribution in [0.2, 0.25) is 5.02 Å². The molecule has 0 atom stereocenters. The van der Waals surface area contributed by atoms with E-state index in [0.717, 1.165) is 24.0 Å². The van der Waals surface area contributed by atoms with Crippen molar-refractivity contribution in [3.05, 3.63) is 64.5 Å². The molecule has 2 heterocycles. The van der Waals surface area contributed by atoms with E-state index in [4.69, 9.17) is 11.6 Å². The van der Waals surface area contributed by atoms with Gasteiger partial charge in [-0.15, -0.1) is 11.3 Å². The molecule has 0 bridgehead atoms. The number of aromatic nitrogens is 2. The number of halogens is 2. The third-order valence-electron chi connectivity index (χ3n) is 4.19. The smallest absolute Gasteiger partial charge is 0.262 e. The molecule has 0 unspecified atom stereocenters. The Labute approximate surface area is 158 Å². The predicted molar refractivity (Wildman–Crippen MR) is 103 cm³/mol. The predicted octanol–water partition coefficient (Wildman–Crippen LogP) is 4.86. The average molecular weight is 388 g/mol. The fourth-order valence-electron chi connectivity index (χ4n) is 2.91. The summed E-state index contributed by atoms with van der Waals surface area (Å²) in [6, 6.07) is 12.3. The van der Waals surface area contributed by atoms with Crippen LogP contribution >= 0.6 is 22.9 Å². The molecule has 0 aliphatic rings. The van der Waals surface area contributed by atoms with Crippen molar-refractivity contribution >= 4 is 50.0 Å². The summed E-state index contributed by atoms with van der Waals surface area (Å²) in [7, 11) is 0. The number of amides is 1. The molecule has 2 aromatic carbocycles. The topological polar surface area (TPSA) is 46.9 Å². The van der Waals surface area contributed by atoms with E-state index in [9.17, 15) is 9.18 Å². The Hall–Kier alpha value is -2.44. The maximum atomic E-state index is 13.3. The Morgan fingerprint density at radius 3 is 3.00 bits per heavy atom. The minimum Gasteiger partial charge on any atom is -0.351 e. The van der Waals surface area contributed by atoms with E-state index < -0.39 is 0 Å². The first-order chi connectivity index (χ1) is 12.6. The van der Waals surface area contributed by atoms with Crippen LogP contribution in [0.15, 0.2) is 48.8 Å². The number of benzene rings is 2. The molecule has 132 valence electrons. The van der Waals surface area contributed by atoms with Gasteiger partial charge in [0.1, 0.15) is 10.7 Å². The number of imidazole rings is 1. The zero-order valence-corrected chi connectivity index (χ0v) is 15.3. The first-order valence-electron chi connectivity index (χ1n) is 8.19. The number of hydrogen-bond acceptors (Lipinski definition) is 3. The summed E-state index contributed by atoms with van der Waals surface area (Å²) in [4.78, 5) is 17.2. The largest absolute Gasteiger partial charge is 0.351 e. The van der Waals surface area contributed by atoms with E-state index in [2.05, 4.69) is 14.9 Å². The first-order valence-corrected chi connectivity index (χ1v) is 9.38. The Morgan fingerprint density at radius 1 is 1.27 bits per heavy atom. The van der Waals surface area contributed by atoms with Crippen molar-refractivity contribution in [3.63, 3.8) is 0 Å². The number of hydrogen-bond donors (Lipinski definition) is 1. The van der Waals surface area contributed by atoms with Gasteiger partial charge < -0.3 is 9.88 Å².